The van der Waals surface area contributed by atoms with Crippen LogP contribution >= 0.6 is 23.5 Å². The van der Waals surface area contributed by atoms with E-state index in [1.54, 1.807) is 13.8 Å². The van der Waals surface area contributed by atoms with E-state index in [4.69, 9.17) is 18.9 Å². The predicted octanol–water partition coefficient (Wildman–Crippen LogP) is -0.220. The first kappa shape index (κ1) is 27.8. The number of ether oxygens (including phenoxy) is 4. The number of hydrogen-bond acceptors (Lipinski definition) is 13. The Hall–Kier alpha value is 0.170. The summed E-state index contributed by atoms with van der Waals surface area (Å²) in [5, 5.41) is 19.3. The SMILES string of the molecule is CC1OC2[C@@H](COP(=O)(O)OP(=O)(O)OP(=O)(O)OC[C@H]3O[C@@H](C)C(O)C3O)O[C@@H](C)[C@H]2O1. The maximum atomic E-state index is 12.1. The van der Waals surface area contributed by atoms with Crippen LogP contribution in [0.3, 0.4) is 0 Å². The second-order valence-corrected chi connectivity index (χ2v) is 12.3. The van der Waals surface area contributed by atoms with Crippen LogP contribution in [-0.2, 0) is 50.3 Å². The zero-order chi connectivity index (χ0) is 24.8. The Balaban J connectivity index is 1.49. The van der Waals surface area contributed by atoms with Crippen LogP contribution in [0.15, 0.2) is 0 Å². The zero-order valence-electron chi connectivity index (χ0n) is 17.7. The first-order valence-corrected chi connectivity index (χ1v) is 14.3. The van der Waals surface area contributed by atoms with Crippen molar-refractivity contribution in [3.05, 3.63) is 0 Å². The van der Waals surface area contributed by atoms with Crippen molar-refractivity contribution in [2.24, 2.45) is 0 Å². The Morgan fingerprint density at radius 2 is 1.15 bits per heavy atom. The van der Waals surface area contributed by atoms with Gasteiger partial charge < -0.3 is 43.8 Å². The summed E-state index contributed by atoms with van der Waals surface area (Å²) in [6.07, 6.45) is -7.65. The van der Waals surface area contributed by atoms with Crippen molar-refractivity contribution in [3.63, 3.8) is 0 Å². The van der Waals surface area contributed by atoms with Gasteiger partial charge in [0.25, 0.3) is 0 Å². The minimum absolute atomic E-state index is 0.413. The first-order valence-electron chi connectivity index (χ1n) is 9.77. The number of fused-ring (bicyclic) bond motifs is 1. The lowest BCUT2D eigenvalue weighted by molar-refractivity contribution is -0.123. The highest BCUT2D eigenvalue weighted by Crippen LogP contribution is 2.67. The van der Waals surface area contributed by atoms with Crippen molar-refractivity contribution < 1.29 is 75.2 Å². The molecule has 0 saturated carbocycles. The third-order valence-electron chi connectivity index (χ3n) is 5.06. The van der Waals surface area contributed by atoms with Gasteiger partial charge in [0.15, 0.2) is 6.29 Å². The lowest BCUT2D eigenvalue weighted by atomic mass is 10.1. The molecule has 0 radical (unpaired) electrons. The highest BCUT2D eigenvalue weighted by Gasteiger charge is 2.51. The average molecular weight is 544 g/mol. The molecule has 0 aromatic rings. The number of phosphoric ester groups is 2. The normalized spacial score (nSPS) is 44.2. The van der Waals surface area contributed by atoms with Gasteiger partial charge in [0, 0.05) is 0 Å². The molecule has 33 heavy (non-hydrogen) atoms. The minimum atomic E-state index is -5.67. The summed E-state index contributed by atoms with van der Waals surface area (Å²) < 4.78 is 74.7. The van der Waals surface area contributed by atoms with Crippen LogP contribution in [0.4, 0.5) is 0 Å². The van der Waals surface area contributed by atoms with Crippen molar-refractivity contribution in [1.29, 1.82) is 0 Å². The molecule has 12 atom stereocenters. The summed E-state index contributed by atoms with van der Waals surface area (Å²) >= 11 is 0. The molecule has 3 saturated heterocycles. The second kappa shape index (κ2) is 10.3. The second-order valence-electron chi connectivity index (χ2n) is 7.67. The van der Waals surface area contributed by atoms with Crippen LogP contribution in [0.25, 0.3) is 0 Å². The molecule has 0 aromatic carbocycles. The summed E-state index contributed by atoms with van der Waals surface area (Å²) in [4.78, 5) is 29.0. The minimum Gasteiger partial charge on any atom is -0.388 e. The smallest absolute Gasteiger partial charge is 0.388 e. The number of rotatable bonds is 10. The van der Waals surface area contributed by atoms with Crippen molar-refractivity contribution >= 4 is 23.5 Å². The van der Waals surface area contributed by atoms with Gasteiger partial charge in [0.1, 0.15) is 36.6 Å². The first-order chi connectivity index (χ1) is 15.1. The Bertz CT molecular complexity index is 839. The molecule has 5 N–H and O–H groups in total. The van der Waals surface area contributed by atoms with E-state index in [0.29, 0.717) is 0 Å². The van der Waals surface area contributed by atoms with Crippen molar-refractivity contribution in [3.8, 4) is 0 Å². The largest absolute Gasteiger partial charge is 0.490 e. The third kappa shape index (κ3) is 7.11. The van der Waals surface area contributed by atoms with Gasteiger partial charge in [0.2, 0.25) is 0 Å². The lowest BCUT2D eigenvalue weighted by Gasteiger charge is -2.21. The van der Waals surface area contributed by atoms with E-state index in [0.717, 1.165) is 0 Å². The van der Waals surface area contributed by atoms with Gasteiger partial charge >= 0.3 is 23.5 Å². The molecule has 3 rings (SSSR count). The van der Waals surface area contributed by atoms with Crippen molar-refractivity contribution in [1.82, 2.24) is 0 Å². The van der Waals surface area contributed by atoms with E-state index < -0.39 is 91.8 Å². The Morgan fingerprint density at radius 3 is 1.67 bits per heavy atom. The zero-order valence-corrected chi connectivity index (χ0v) is 20.4. The van der Waals surface area contributed by atoms with Crippen molar-refractivity contribution in [2.75, 3.05) is 13.2 Å². The standard InChI is InChI=1S/C14H27O16P3/c1-6-11(15)12(16)9(25-6)4-23-31(17,18)29-33(21,22)30-32(19,20)24-5-10-14-13(7(2)26-10)27-8(3)28-14/h6-16H,4-5H2,1-3H3,(H,17,18)(H,19,20)(H,21,22)/t6-,7-,8?,9+,10+,11?,12?,13+,14?/m0/s1. The summed E-state index contributed by atoms with van der Waals surface area (Å²) in [5.74, 6) is 0. The van der Waals surface area contributed by atoms with E-state index in [-0.39, 0.29) is 0 Å². The van der Waals surface area contributed by atoms with Crippen LogP contribution in [0.2, 0.25) is 0 Å². The molecule has 3 heterocycles. The van der Waals surface area contributed by atoms with Crippen LogP contribution < -0.4 is 0 Å². The van der Waals surface area contributed by atoms with Crippen LogP contribution in [0.5, 0.6) is 0 Å². The van der Waals surface area contributed by atoms with E-state index >= 15 is 0 Å². The molecule has 3 aliphatic rings. The maximum absolute atomic E-state index is 12.1. The van der Waals surface area contributed by atoms with Gasteiger partial charge in [-0.1, -0.05) is 0 Å². The van der Waals surface area contributed by atoms with Gasteiger partial charge in [-0.3, -0.25) is 9.05 Å². The monoisotopic (exact) mass is 544 g/mol. The van der Waals surface area contributed by atoms with Crippen molar-refractivity contribution in [2.45, 2.75) is 75.9 Å². The molecule has 3 aliphatic heterocycles. The summed E-state index contributed by atoms with van der Waals surface area (Å²) in [6.45, 7) is 3.37. The molecule has 0 aliphatic carbocycles. The molecule has 0 bridgehead atoms. The third-order valence-corrected chi connectivity index (χ3v) is 9.31. The number of hydrogen-bond donors (Lipinski definition) is 5. The molecular weight excluding hydrogens is 517 g/mol. The maximum Gasteiger partial charge on any atom is 0.490 e. The molecule has 19 heteroatoms. The molecule has 0 aromatic heterocycles. The summed E-state index contributed by atoms with van der Waals surface area (Å²) in [7, 11) is -16.3. The Labute approximate surface area is 188 Å². The van der Waals surface area contributed by atoms with Gasteiger partial charge in [0.05, 0.1) is 25.4 Å². The highest BCUT2D eigenvalue weighted by molar-refractivity contribution is 7.66. The number of aliphatic hydroxyl groups is 2. The summed E-state index contributed by atoms with van der Waals surface area (Å²) in [5.41, 5.74) is 0. The number of phosphoric acid groups is 3. The van der Waals surface area contributed by atoms with Crippen LogP contribution in [-0.4, -0.2) is 93.2 Å². The van der Waals surface area contributed by atoms with Gasteiger partial charge in [-0.15, -0.1) is 0 Å². The van der Waals surface area contributed by atoms with Gasteiger partial charge in [-0.25, -0.2) is 13.7 Å². The molecule has 16 nitrogen and oxygen atoms in total. The van der Waals surface area contributed by atoms with Crippen LogP contribution in [0.1, 0.15) is 20.8 Å². The van der Waals surface area contributed by atoms with Gasteiger partial charge in [-0.2, -0.15) is 8.62 Å². The van der Waals surface area contributed by atoms with E-state index in [1.165, 1.54) is 6.92 Å². The molecule has 0 amide bonds. The molecular formula is C14H27O16P3. The predicted molar refractivity (Wildman–Crippen MR) is 103 cm³/mol. The molecule has 7 unspecified atom stereocenters. The van der Waals surface area contributed by atoms with E-state index in [2.05, 4.69) is 17.7 Å². The fourth-order valence-electron chi connectivity index (χ4n) is 3.60. The highest BCUT2D eigenvalue weighted by atomic mass is 31.3. The molecule has 3 fully saturated rings. The fourth-order valence-corrected chi connectivity index (χ4v) is 7.12. The molecule has 0 spiro atoms. The molecule has 194 valence electrons. The van der Waals surface area contributed by atoms with Crippen LogP contribution in [0, 0.1) is 0 Å². The Morgan fingerprint density at radius 1 is 0.667 bits per heavy atom. The fraction of sp³-hybridized carbons (Fsp3) is 1.00. The summed E-state index contributed by atoms with van der Waals surface area (Å²) in [6, 6.07) is 0. The quantitative estimate of drug-likeness (QED) is 0.224. The van der Waals surface area contributed by atoms with Gasteiger partial charge in [-0.05, 0) is 20.8 Å². The van der Waals surface area contributed by atoms with E-state index in [1.807, 2.05) is 0 Å². The topological polar surface area (TPSA) is 226 Å². The average Bonchev–Trinajstić information content (AvgIpc) is 3.26. The van der Waals surface area contributed by atoms with E-state index in [9.17, 15) is 38.6 Å². The lowest BCUT2D eigenvalue weighted by Crippen LogP contribution is -2.33. The number of aliphatic hydroxyl groups excluding tert-OH is 2. The Kier molecular flexibility index (Phi) is 8.64.